The number of hydrogen-bond donors (Lipinski definition) is 0. The minimum Gasteiger partial charge on any atom is -0.468 e. The van der Waals surface area contributed by atoms with Gasteiger partial charge in [0.1, 0.15) is 18.0 Å². The minimum absolute atomic E-state index is 0.0360. The predicted molar refractivity (Wildman–Crippen MR) is 96.7 cm³/mol. The number of aromatic nitrogens is 1. The van der Waals surface area contributed by atoms with Gasteiger partial charge in [0.2, 0.25) is 5.91 Å². The molecule has 0 N–H and O–H groups in total. The highest BCUT2D eigenvalue weighted by Gasteiger charge is 2.57. The number of esters is 1. The number of carbonyl (C=O) groups is 2. The van der Waals surface area contributed by atoms with Gasteiger partial charge in [-0.25, -0.2) is 0 Å². The summed E-state index contributed by atoms with van der Waals surface area (Å²) in [4.78, 5) is 27.1. The van der Waals surface area contributed by atoms with E-state index in [0.717, 1.165) is 16.6 Å². The Hall–Kier alpha value is -2.85. The van der Waals surface area contributed by atoms with Crippen molar-refractivity contribution in [1.82, 2.24) is 9.47 Å². The normalized spacial score (nSPS) is 24.0. The molecule has 2 aliphatic rings. The number of benzene rings is 1. The van der Waals surface area contributed by atoms with Gasteiger partial charge in [0.15, 0.2) is 0 Å². The van der Waals surface area contributed by atoms with Crippen LogP contribution in [0.4, 0.5) is 0 Å². The topological polar surface area (TPSA) is 84.6 Å². The first-order chi connectivity index (χ1) is 13.0. The molecule has 1 aromatic carbocycles. The summed E-state index contributed by atoms with van der Waals surface area (Å²) < 4.78 is 12.4. The van der Waals surface area contributed by atoms with Crippen LogP contribution in [-0.2, 0) is 25.6 Å². The highest BCUT2D eigenvalue weighted by molar-refractivity contribution is 5.90. The number of methoxy groups -OCH3 is 1. The molecule has 0 spiro atoms. The molecule has 0 unspecified atom stereocenters. The highest BCUT2D eigenvalue weighted by Crippen LogP contribution is 2.42. The van der Waals surface area contributed by atoms with E-state index < -0.39 is 5.41 Å². The lowest BCUT2D eigenvalue weighted by Crippen LogP contribution is -2.41. The van der Waals surface area contributed by atoms with Crippen molar-refractivity contribution in [1.29, 1.82) is 5.26 Å². The molecule has 1 aromatic heterocycles. The Balaban J connectivity index is 1.61. The molecular formula is C20H21N3O4. The van der Waals surface area contributed by atoms with Gasteiger partial charge in [0.05, 0.1) is 31.4 Å². The van der Waals surface area contributed by atoms with E-state index in [1.165, 1.54) is 7.11 Å². The van der Waals surface area contributed by atoms with E-state index >= 15 is 0 Å². The Morgan fingerprint density at radius 1 is 1.41 bits per heavy atom. The van der Waals surface area contributed by atoms with Crippen LogP contribution in [0.3, 0.4) is 0 Å². The second-order valence-corrected chi connectivity index (χ2v) is 7.31. The van der Waals surface area contributed by atoms with Gasteiger partial charge in [0, 0.05) is 30.1 Å². The average molecular weight is 367 g/mol. The third-order valence-corrected chi connectivity index (χ3v) is 5.95. The molecular weight excluding hydrogens is 346 g/mol. The van der Waals surface area contributed by atoms with Crippen LogP contribution in [0, 0.1) is 29.6 Å². The van der Waals surface area contributed by atoms with E-state index in [1.807, 2.05) is 35.8 Å². The van der Waals surface area contributed by atoms with Crippen molar-refractivity contribution in [3.63, 3.8) is 0 Å². The van der Waals surface area contributed by atoms with Gasteiger partial charge in [-0.2, -0.15) is 5.26 Å². The largest absolute Gasteiger partial charge is 0.468 e. The van der Waals surface area contributed by atoms with Gasteiger partial charge in [0.25, 0.3) is 0 Å². The summed E-state index contributed by atoms with van der Waals surface area (Å²) in [6.07, 6.45) is 0. The Morgan fingerprint density at radius 2 is 2.19 bits per heavy atom. The maximum atomic E-state index is 13.0. The average Bonchev–Trinajstić information content (AvgIpc) is 3.31. The second-order valence-electron chi connectivity index (χ2n) is 7.31. The number of ether oxygens (including phenoxy) is 2. The maximum absolute atomic E-state index is 13.0. The number of carbonyl (C=O) groups excluding carboxylic acids is 2. The van der Waals surface area contributed by atoms with Gasteiger partial charge >= 0.3 is 5.97 Å². The smallest absolute Gasteiger partial charge is 0.316 e. The Kier molecular flexibility index (Phi) is 4.16. The molecule has 0 saturated carbocycles. The van der Waals surface area contributed by atoms with Gasteiger partial charge in [-0.15, -0.1) is 0 Å². The molecule has 4 rings (SSSR count). The Labute approximate surface area is 157 Å². The van der Waals surface area contributed by atoms with Crippen molar-refractivity contribution in [3.8, 4) is 6.07 Å². The van der Waals surface area contributed by atoms with Crippen LogP contribution in [-0.4, -0.2) is 54.8 Å². The minimum atomic E-state index is -0.754. The number of para-hydroxylation sites is 1. The second kappa shape index (κ2) is 6.39. The van der Waals surface area contributed by atoms with Crippen molar-refractivity contribution < 1.29 is 19.1 Å². The number of nitrogens with zero attached hydrogens (tertiary/aromatic N) is 3. The molecule has 2 aliphatic heterocycles. The van der Waals surface area contributed by atoms with E-state index in [2.05, 4.69) is 6.07 Å². The molecule has 2 fully saturated rings. The molecule has 0 bridgehead atoms. The van der Waals surface area contributed by atoms with Crippen LogP contribution in [0.1, 0.15) is 11.3 Å². The van der Waals surface area contributed by atoms with Crippen LogP contribution in [0.5, 0.6) is 0 Å². The summed E-state index contributed by atoms with van der Waals surface area (Å²) in [5.74, 6) is -0.415. The van der Waals surface area contributed by atoms with E-state index in [-0.39, 0.29) is 30.9 Å². The quantitative estimate of drug-likeness (QED) is 0.767. The fourth-order valence-corrected chi connectivity index (χ4v) is 4.43. The summed E-state index contributed by atoms with van der Waals surface area (Å²) >= 11 is 0. The fraction of sp³-hybridized carbons (Fsp3) is 0.450. The number of nitriles is 1. The van der Waals surface area contributed by atoms with E-state index in [9.17, 15) is 14.9 Å². The lowest BCUT2D eigenvalue weighted by atomic mass is 9.81. The molecule has 2 saturated heterocycles. The lowest BCUT2D eigenvalue weighted by Gasteiger charge is -2.24. The fourth-order valence-electron chi connectivity index (χ4n) is 4.43. The third kappa shape index (κ3) is 2.52. The summed E-state index contributed by atoms with van der Waals surface area (Å²) in [5.41, 5.74) is 1.48. The van der Waals surface area contributed by atoms with Gasteiger partial charge in [-0.3, -0.25) is 9.59 Å². The number of fused-ring (bicyclic) bond motifs is 2. The number of rotatable bonds is 3. The van der Waals surface area contributed by atoms with Crippen LogP contribution in [0.25, 0.3) is 10.9 Å². The molecule has 7 nitrogen and oxygen atoms in total. The molecule has 1 amide bonds. The van der Waals surface area contributed by atoms with Crippen molar-refractivity contribution in [3.05, 3.63) is 35.5 Å². The van der Waals surface area contributed by atoms with Crippen LogP contribution >= 0.6 is 0 Å². The molecule has 0 radical (unpaired) electrons. The number of hydrogen-bond acceptors (Lipinski definition) is 5. The third-order valence-electron chi connectivity index (χ3n) is 5.95. The van der Waals surface area contributed by atoms with Gasteiger partial charge in [-0.05, 0) is 13.0 Å². The summed E-state index contributed by atoms with van der Waals surface area (Å²) in [7, 11) is 1.37. The van der Waals surface area contributed by atoms with Gasteiger partial charge < -0.3 is 18.9 Å². The van der Waals surface area contributed by atoms with Crippen molar-refractivity contribution in [2.45, 2.75) is 13.5 Å². The zero-order valence-corrected chi connectivity index (χ0v) is 15.4. The molecule has 2 aromatic rings. The molecule has 3 heterocycles. The van der Waals surface area contributed by atoms with Gasteiger partial charge in [-0.1, -0.05) is 18.2 Å². The SMILES string of the molecule is COC(=O)[C@@]12COC[C@@H]1CN(C(=O)Cn1c(C)c(C#N)c3ccccc31)C2. The van der Waals surface area contributed by atoms with Crippen molar-refractivity contribution in [2.24, 2.45) is 11.3 Å². The highest BCUT2D eigenvalue weighted by atomic mass is 16.5. The standard InChI is InChI=1S/C20H21N3O4/c1-13-16(7-21)15-5-3-4-6-17(15)23(13)9-18(24)22-8-14-10-27-12-20(14,11-22)19(25)26-2/h3-6,14H,8-12H2,1-2H3/t14-,20-/m0/s1. The summed E-state index contributed by atoms with van der Waals surface area (Å²) in [6.45, 7) is 3.54. The van der Waals surface area contributed by atoms with Crippen LogP contribution < -0.4 is 0 Å². The van der Waals surface area contributed by atoms with Crippen molar-refractivity contribution in [2.75, 3.05) is 33.4 Å². The Bertz CT molecular complexity index is 973. The summed E-state index contributed by atoms with van der Waals surface area (Å²) in [5, 5.41) is 10.3. The first kappa shape index (κ1) is 17.6. The Morgan fingerprint density at radius 3 is 2.93 bits per heavy atom. The zero-order valence-electron chi connectivity index (χ0n) is 15.4. The first-order valence-electron chi connectivity index (χ1n) is 8.93. The maximum Gasteiger partial charge on any atom is 0.316 e. The number of amides is 1. The number of likely N-dealkylation sites (tertiary alicyclic amines) is 1. The van der Waals surface area contributed by atoms with E-state index in [4.69, 9.17) is 9.47 Å². The molecule has 140 valence electrons. The monoisotopic (exact) mass is 367 g/mol. The molecule has 2 atom stereocenters. The van der Waals surface area contributed by atoms with E-state index in [1.54, 1.807) is 4.90 Å². The molecule has 0 aliphatic carbocycles. The van der Waals surface area contributed by atoms with Crippen molar-refractivity contribution >= 4 is 22.8 Å². The van der Waals surface area contributed by atoms with Crippen LogP contribution in [0.15, 0.2) is 24.3 Å². The van der Waals surface area contributed by atoms with Crippen LogP contribution in [0.2, 0.25) is 0 Å². The lowest BCUT2D eigenvalue weighted by molar-refractivity contribution is -0.153. The zero-order chi connectivity index (χ0) is 19.2. The predicted octanol–water partition coefficient (Wildman–Crippen LogP) is 1.47. The molecule has 7 heteroatoms. The van der Waals surface area contributed by atoms with E-state index in [0.29, 0.717) is 25.3 Å². The molecule has 27 heavy (non-hydrogen) atoms. The summed E-state index contributed by atoms with van der Waals surface area (Å²) in [6, 6.07) is 9.83. The first-order valence-corrected chi connectivity index (χ1v) is 8.93.